The van der Waals surface area contributed by atoms with Crippen LogP contribution >= 0.6 is 23.1 Å². The van der Waals surface area contributed by atoms with E-state index in [0.717, 1.165) is 31.5 Å². The van der Waals surface area contributed by atoms with Gasteiger partial charge in [-0.25, -0.2) is 4.98 Å². The summed E-state index contributed by atoms with van der Waals surface area (Å²) in [4.78, 5) is 27.6. The van der Waals surface area contributed by atoms with Gasteiger partial charge in [0.1, 0.15) is 0 Å². The van der Waals surface area contributed by atoms with E-state index < -0.39 is 4.92 Å². The Morgan fingerprint density at radius 1 is 1.38 bits per heavy atom. The van der Waals surface area contributed by atoms with Crippen LogP contribution in [0.25, 0.3) is 10.2 Å². The number of thiazole rings is 1. The molecule has 0 spiro atoms. The number of carbonyl (C=O) groups is 1. The fourth-order valence-corrected chi connectivity index (χ4v) is 5.21. The number of nitrogens with zero attached hydrogens (tertiary/aromatic N) is 3. The van der Waals surface area contributed by atoms with E-state index in [0.29, 0.717) is 11.8 Å². The van der Waals surface area contributed by atoms with E-state index in [9.17, 15) is 14.9 Å². The zero-order valence-corrected chi connectivity index (χ0v) is 16.0. The largest absolute Gasteiger partial charge is 0.345 e. The van der Waals surface area contributed by atoms with Gasteiger partial charge in [0.2, 0.25) is 0 Å². The summed E-state index contributed by atoms with van der Waals surface area (Å²) >= 11 is 2.77. The molecule has 2 heterocycles. The van der Waals surface area contributed by atoms with E-state index in [1.54, 1.807) is 6.07 Å². The standard InChI is InChI=1S/C18H17N3O3S2/c1-10-7-14(11(2)20(10)12-3-4-12)16(22)9-25-18-19-15-6-5-13(21(23)24)8-17(15)26-18/h5-8,12H,3-4,9H2,1-2H3. The van der Waals surface area contributed by atoms with E-state index in [2.05, 4.69) is 16.5 Å². The second kappa shape index (κ2) is 6.51. The van der Waals surface area contributed by atoms with Gasteiger partial charge in [-0.2, -0.15) is 0 Å². The Bertz CT molecular complexity index is 1030. The van der Waals surface area contributed by atoms with Gasteiger partial charge in [-0.05, 0) is 38.8 Å². The van der Waals surface area contributed by atoms with Crippen LogP contribution in [0.4, 0.5) is 5.69 Å². The minimum absolute atomic E-state index is 0.0568. The maximum atomic E-state index is 12.7. The number of benzene rings is 1. The maximum Gasteiger partial charge on any atom is 0.270 e. The minimum Gasteiger partial charge on any atom is -0.345 e. The zero-order chi connectivity index (χ0) is 18.4. The Kier molecular flexibility index (Phi) is 4.32. The molecule has 26 heavy (non-hydrogen) atoms. The first-order valence-electron chi connectivity index (χ1n) is 8.33. The SMILES string of the molecule is Cc1cc(C(=O)CSc2nc3ccc([N+](=O)[O-])cc3s2)c(C)n1C1CC1. The molecule has 2 aromatic heterocycles. The van der Waals surface area contributed by atoms with Crippen molar-refractivity contribution in [3.05, 3.63) is 51.3 Å². The normalized spacial score (nSPS) is 14.1. The van der Waals surface area contributed by atoms with Crippen molar-refractivity contribution in [2.45, 2.75) is 37.1 Å². The smallest absolute Gasteiger partial charge is 0.270 e. The minimum atomic E-state index is -0.412. The molecule has 0 N–H and O–H groups in total. The van der Waals surface area contributed by atoms with Gasteiger partial charge in [0.05, 0.1) is 20.9 Å². The Morgan fingerprint density at radius 3 is 2.85 bits per heavy atom. The van der Waals surface area contributed by atoms with Crippen molar-refractivity contribution in [3.63, 3.8) is 0 Å². The Morgan fingerprint density at radius 2 is 2.15 bits per heavy atom. The zero-order valence-electron chi connectivity index (χ0n) is 14.4. The lowest BCUT2D eigenvalue weighted by Gasteiger charge is -2.07. The summed E-state index contributed by atoms with van der Waals surface area (Å²) in [5, 5.41) is 10.9. The number of carbonyl (C=O) groups excluding carboxylic acids is 1. The Hall–Kier alpha value is -2.19. The quantitative estimate of drug-likeness (QED) is 0.259. The van der Waals surface area contributed by atoms with Gasteiger partial charge in [0.25, 0.3) is 5.69 Å². The molecule has 0 radical (unpaired) electrons. The molecule has 0 bridgehead atoms. The van der Waals surface area contributed by atoms with Crippen LogP contribution in [0.15, 0.2) is 28.6 Å². The average Bonchev–Trinajstić information content (AvgIpc) is 3.27. The molecule has 1 fully saturated rings. The van der Waals surface area contributed by atoms with Crippen LogP contribution in [0.3, 0.4) is 0 Å². The van der Waals surface area contributed by atoms with Gasteiger partial charge in [0, 0.05) is 35.1 Å². The fraction of sp³-hybridized carbons (Fsp3) is 0.333. The summed E-state index contributed by atoms with van der Waals surface area (Å²) in [6, 6.07) is 7.18. The van der Waals surface area contributed by atoms with Gasteiger partial charge in [-0.3, -0.25) is 14.9 Å². The molecule has 1 aliphatic carbocycles. The number of nitro benzene ring substituents is 1. The third-order valence-corrected chi connectivity index (χ3v) is 6.75. The molecule has 8 heteroatoms. The molecular weight excluding hydrogens is 370 g/mol. The van der Waals surface area contributed by atoms with Crippen LogP contribution in [-0.4, -0.2) is 26.0 Å². The highest BCUT2D eigenvalue weighted by molar-refractivity contribution is 8.01. The van der Waals surface area contributed by atoms with Gasteiger partial charge < -0.3 is 4.57 Å². The van der Waals surface area contributed by atoms with E-state index >= 15 is 0 Å². The van der Waals surface area contributed by atoms with Crippen molar-refractivity contribution in [3.8, 4) is 0 Å². The second-order valence-corrected chi connectivity index (χ2v) is 8.74. The summed E-state index contributed by atoms with van der Waals surface area (Å²) in [7, 11) is 0. The molecule has 0 aliphatic heterocycles. The Balaban J connectivity index is 1.50. The number of hydrogen-bond donors (Lipinski definition) is 0. The number of hydrogen-bond acceptors (Lipinski definition) is 6. The molecule has 6 nitrogen and oxygen atoms in total. The van der Waals surface area contributed by atoms with Crippen molar-refractivity contribution >= 4 is 44.8 Å². The number of fused-ring (bicyclic) bond motifs is 1. The lowest BCUT2D eigenvalue weighted by molar-refractivity contribution is -0.384. The number of nitro groups is 1. The van der Waals surface area contributed by atoms with E-state index in [4.69, 9.17) is 0 Å². The van der Waals surface area contributed by atoms with E-state index in [1.807, 2.05) is 13.0 Å². The number of aryl methyl sites for hydroxylation is 1. The summed E-state index contributed by atoms with van der Waals surface area (Å²) in [6.07, 6.45) is 2.38. The van der Waals surface area contributed by atoms with Crippen molar-refractivity contribution < 1.29 is 9.72 Å². The highest BCUT2D eigenvalue weighted by Crippen LogP contribution is 2.39. The van der Waals surface area contributed by atoms with Crippen LogP contribution in [0.5, 0.6) is 0 Å². The fourth-order valence-electron chi connectivity index (χ4n) is 3.23. The molecule has 1 aliphatic rings. The first-order chi connectivity index (χ1) is 12.4. The van der Waals surface area contributed by atoms with Gasteiger partial charge in [-0.15, -0.1) is 11.3 Å². The predicted molar refractivity (Wildman–Crippen MR) is 104 cm³/mol. The first-order valence-corrected chi connectivity index (χ1v) is 10.1. The lowest BCUT2D eigenvalue weighted by atomic mass is 10.2. The van der Waals surface area contributed by atoms with E-state index in [1.165, 1.54) is 48.1 Å². The average molecular weight is 387 g/mol. The number of non-ortho nitro benzene ring substituents is 1. The highest BCUT2D eigenvalue weighted by atomic mass is 32.2. The molecule has 0 atom stereocenters. The van der Waals surface area contributed by atoms with Crippen LogP contribution in [0.1, 0.15) is 40.6 Å². The number of Topliss-reactive ketones (excluding diaryl/α,β-unsaturated/α-hetero) is 1. The lowest BCUT2D eigenvalue weighted by Crippen LogP contribution is -2.05. The summed E-state index contributed by atoms with van der Waals surface area (Å²) in [6.45, 7) is 4.07. The summed E-state index contributed by atoms with van der Waals surface area (Å²) in [5.74, 6) is 0.414. The van der Waals surface area contributed by atoms with Gasteiger partial charge in [-0.1, -0.05) is 11.8 Å². The third-order valence-electron chi connectivity index (χ3n) is 4.59. The topological polar surface area (TPSA) is 78.0 Å². The van der Waals surface area contributed by atoms with Crippen molar-refractivity contribution in [2.75, 3.05) is 5.75 Å². The molecule has 0 saturated heterocycles. The molecule has 0 amide bonds. The number of thioether (sulfide) groups is 1. The summed E-state index contributed by atoms with van der Waals surface area (Å²) in [5.41, 5.74) is 3.77. The van der Waals surface area contributed by atoms with E-state index in [-0.39, 0.29) is 11.5 Å². The molecule has 134 valence electrons. The predicted octanol–water partition coefficient (Wildman–Crippen LogP) is 4.93. The van der Waals surface area contributed by atoms with Crippen LogP contribution < -0.4 is 0 Å². The van der Waals surface area contributed by atoms with Gasteiger partial charge in [0.15, 0.2) is 10.1 Å². The number of rotatable bonds is 6. The maximum absolute atomic E-state index is 12.7. The molecule has 3 aromatic rings. The molecule has 4 rings (SSSR count). The van der Waals surface area contributed by atoms with Crippen LogP contribution in [-0.2, 0) is 0 Å². The number of ketones is 1. The second-order valence-electron chi connectivity index (χ2n) is 6.49. The number of aromatic nitrogens is 2. The Labute approximate surface area is 158 Å². The molecular formula is C18H17N3O3S2. The van der Waals surface area contributed by atoms with Crippen molar-refractivity contribution in [2.24, 2.45) is 0 Å². The highest BCUT2D eigenvalue weighted by Gasteiger charge is 2.28. The monoisotopic (exact) mass is 387 g/mol. The molecule has 1 aromatic carbocycles. The van der Waals surface area contributed by atoms with Crippen LogP contribution in [0.2, 0.25) is 0 Å². The van der Waals surface area contributed by atoms with Crippen molar-refractivity contribution in [1.82, 2.24) is 9.55 Å². The third kappa shape index (κ3) is 3.14. The molecule has 0 unspecified atom stereocenters. The van der Waals surface area contributed by atoms with Crippen molar-refractivity contribution in [1.29, 1.82) is 0 Å². The molecule has 1 saturated carbocycles. The van der Waals surface area contributed by atoms with Crippen LogP contribution in [0, 0.1) is 24.0 Å². The first kappa shape index (κ1) is 17.2. The van der Waals surface area contributed by atoms with Gasteiger partial charge >= 0.3 is 0 Å². The summed E-state index contributed by atoms with van der Waals surface area (Å²) < 4.78 is 3.79.